The Kier molecular flexibility index (Phi) is 7.76. The molecule has 134 valence electrons. The molecular formula is C17H20ClN4NaO3. The number of aryl methyl sites for hydroxylation is 2. The summed E-state index contributed by atoms with van der Waals surface area (Å²) in [5, 5.41) is -0.0101. The van der Waals surface area contributed by atoms with Crippen LogP contribution in [0.5, 0.6) is 0 Å². The average molecular weight is 387 g/mol. The maximum atomic E-state index is 12.8. The number of fused-ring (bicyclic) bond motifs is 1. The van der Waals surface area contributed by atoms with E-state index in [-0.39, 0.29) is 51.7 Å². The van der Waals surface area contributed by atoms with Crippen molar-refractivity contribution in [3.05, 3.63) is 50.3 Å². The number of hydrogen-bond donors (Lipinski definition) is 0. The Balaban J connectivity index is 0.00000243. The van der Waals surface area contributed by atoms with Crippen molar-refractivity contribution in [3.8, 4) is 0 Å². The molecule has 0 saturated carbocycles. The summed E-state index contributed by atoms with van der Waals surface area (Å²) in [7, 11) is 0. The molecule has 0 aromatic carbocycles. The second-order valence-electron chi connectivity index (χ2n) is 5.95. The van der Waals surface area contributed by atoms with Crippen LogP contribution in [0.3, 0.4) is 0 Å². The molecule has 26 heavy (non-hydrogen) atoms. The molecule has 0 fully saturated rings. The van der Waals surface area contributed by atoms with Gasteiger partial charge in [-0.05, 0) is 25.0 Å². The van der Waals surface area contributed by atoms with E-state index in [2.05, 4.69) is 16.9 Å². The Bertz CT molecular complexity index is 959. The molecule has 0 aliphatic carbocycles. The van der Waals surface area contributed by atoms with Crippen molar-refractivity contribution in [2.75, 3.05) is 0 Å². The third-order valence-electron chi connectivity index (χ3n) is 4.15. The van der Waals surface area contributed by atoms with Crippen molar-refractivity contribution >= 4 is 22.8 Å². The number of imidazole rings is 1. The van der Waals surface area contributed by atoms with E-state index >= 15 is 0 Å². The molecule has 0 spiro atoms. The van der Waals surface area contributed by atoms with Crippen LogP contribution in [0.1, 0.15) is 38.4 Å². The molecular weight excluding hydrogens is 367 g/mol. The quantitative estimate of drug-likeness (QED) is 0.298. The molecule has 3 heterocycles. The first-order chi connectivity index (χ1) is 12.1. The molecule has 0 bridgehead atoms. The van der Waals surface area contributed by atoms with Crippen molar-refractivity contribution in [2.24, 2.45) is 0 Å². The summed E-state index contributed by atoms with van der Waals surface area (Å²) in [6.07, 6.45) is 5.74. The fourth-order valence-corrected chi connectivity index (χ4v) is 3.04. The van der Waals surface area contributed by atoms with Crippen LogP contribution >= 0.6 is 11.6 Å². The summed E-state index contributed by atoms with van der Waals surface area (Å²) in [6.45, 7) is 2.89. The third kappa shape index (κ3) is 4.52. The van der Waals surface area contributed by atoms with E-state index < -0.39 is 5.56 Å². The predicted molar refractivity (Wildman–Crippen MR) is 95.1 cm³/mol. The largest absolute Gasteiger partial charge is 1.00 e. The summed E-state index contributed by atoms with van der Waals surface area (Å²) in [4.78, 5) is 33.5. The molecule has 0 aliphatic heterocycles. The molecule has 3 aromatic rings. The van der Waals surface area contributed by atoms with Gasteiger partial charge in [0.2, 0.25) is 0 Å². The molecule has 0 aliphatic rings. The van der Waals surface area contributed by atoms with E-state index in [0.717, 1.165) is 25.0 Å². The Hall–Kier alpha value is -1.28. The maximum absolute atomic E-state index is 12.8. The zero-order chi connectivity index (χ0) is 17.8. The molecule has 0 atom stereocenters. The topological polar surface area (TPSA) is 84.1 Å². The molecule has 0 amide bonds. The van der Waals surface area contributed by atoms with Gasteiger partial charge in [0.25, 0.3) is 5.56 Å². The summed E-state index contributed by atoms with van der Waals surface area (Å²) < 4.78 is 8.02. The van der Waals surface area contributed by atoms with Crippen LogP contribution in [0.25, 0.3) is 11.2 Å². The van der Waals surface area contributed by atoms with Gasteiger partial charge in [0.05, 0.1) is 6.26 Å². The van der Waals surface area contributed by atoms with E-state index in [1.54, 1.807) is 6.26 Å². The van der Waals surface area contributed by atoms with Crippen LogP contribution in [-0.2, 0) is 19.5 Å². The number of rotatable bonds is 8. The van der Waals surface area contributed by atoms with Crippen molar-refractivity contribution in [2.45, 2.75) is 52.1 Å². The maximum Gasteiger partial charge on any atom is 1.00 e. The van der Waals surface area contributed by atoms with Crippen molar-refractivity contribution in [3.63, 3.8) is 0 Å². The summed E-state index contributed by atoms with van der Waals surface area (Å²) in [6, 6.07) is 3.69. The molecule has 0 radical (unpaired) electrons. The first kappa shape index (κ1) is 21.0. The smallest absolute Gasteiger partial charge is 0.469 e. The van der Waals surface area contributed by atoms with Gasteiger partial charge in [-0.25, -0.2) is 4.79 Å². The Labute approximate surface area is 177 Å². The first-order valence-corrected chi connectivity index (χ1v) is 8.85. The molecule has 9 heteroatoms. The summed E-state index contributed by atoms with van der Waals surface area (Å²) >= 11 is 5.87. The normalized spacial score (nSPS) is 11.0. The van der Waals surface area contributed by atoms with Gasteiger partial charge in [-0.2, -0.15) is 0 Å². The van der Waals surface area contributed by atoms with E-state index in [1.165, 1.54) is 9.13 Å². The minimum Gasteiger partial charge on any atom is -0.469 e. The van der Waals surface area contributed by atoms with Gasteiger partial charge in [-0.3, -0.25) is 13.9 Å². The van der Waals surface area contributed by atoms with Crippen molar-refractivity contribution in [1.82, 2.24) is 19.1 Å². The molecule has 3 aromatic heterocycles. The number of hydrogen-bond acceptors (Lipinski definition) is 4. The number of nitrogens with zero attached hydrogens (tertiary/aromatic N) is 4. The number of furan rings is 1. The van der Waals surface area contributed by atoms with Crippen LogP contribution in [-0.4, -0.2) is 14.1 Å². The Morgan fingerprint density at radius 2 is 1.96 bits per heavy atom. The molecule has 0 saturated heterocycles. The number of aromatic nitrogens is 4. The zero-order valence-electron chi connectivity index (χ0n) is 15.1. The van der Waals surface area contributed by atoms with Gasteiger partial charge >= 0.3 is 35.2 Å². The van der Waals surface area contributed by atoms with Crippen molar-refractivity contribution in [1.29, 1.82) is 0 Å². The Morgan fingerprint density at radius 3 is 2.65 bits per heavy atom. The van der Waals surface area contributed by atoms with E-state index in [9.17, 15) is 9.59 Å². The first-order valence-electron chi connectivity index (χ1n) is 8.47. The van der Waals surface area contributed by atoms with Gasteiger partial charge in [0, 0.05) is 36.0 Å². The second-order valence-corrected chi connectivity index (χ2v) is 6.28. The van der Waals surface area contributed by atoms with E-state index in [1.807, 2.05) is 12.1 Å². The fraction of sp³-hybridized carbons (Fsp3) is 0.471. The monoisotopic (exact) mass is 386 g/mol. The van der Waals surface area contributed by atoms with Gasteiger partial charge in [-0.15, -0.1) is 0 Å². The van der Waals surface area contributed by atoms with E-state index in [0.29, 0.717) is 25.9 Å². The third-order valence-corrected chi connectivity index (χ3v) is 4.32. The molecule has 3 rings (SSSR count). The fourth-order valence-electron chi connectivity index (χ4n) is 2.88. The van der Waals surface area contributed by atoms with Crippen LogP contribution in [0.4, 0.5) is 0 Å². The van der Waals surface area contributed by atoms with Gasteiger partial charge in [-0.1, -0.05) is 31.4 Å². The van der Waals surface area contributed by atoms with Crippen LogP contribution in [0.2, 0.25) is 5.28 Å². The molecule has 7 nitrogen and oxygen atoms in total. The average Bonchev–Trinajstić information content (AvgIpc) is 3.23. The minimum atomic E-state index is -0.439. The second kappa shape index (κ2) is 9.60. The minimum absolute atomic E-state index is 0. The van der Waals surface area contributed by atoms with Gasteiger partial charge < -0.3 is 14.4 Å². The van der Waals surface area contributed by atoms with Crippen LogP contribution in [0.15, 0.2) is 32.4 Å². The summed E-state index contributed by atoms with van der Waals surface area (Å²) in [5.41, 5.74) is -0.368. The van der Waals surface area contributed by atoms with Crippen LogP contribution in [0, 0.1) is 0 Å². The number of halogens is 1. The number of unbranched alkanes of at least 4 members (excludes halogenated alkanes) is 2. The van der Waals surface area contributed by atoms with Gasteiger partial charge in [0.1, 0.15) is 5.76 Å². The zero-order valence-corrected chi connectivity index (χ0v) is 17.8. The van der Waals surface area contributed by atoms with Crippen LogP contribution < -0.4 is 45.8 Å². The van der Waals surface area contributed by atoms with Gasteiger partial charge in [0.15, 0.2) is 0 Å². The summed E-state index contributed by atoms with van der Waals surface area (Å²) in [5.74, 6) is 0.827. The molecule has 0 unspecified atom stereocenters. The Morgan fingerprint density at radius 1 is 1.19 bits per heavy atom. The SMILES string of the molecule is CCCCCn1c(=O)n(CCCc2ccco2)c(=O)c2[n-]c(Cl)nc21.[Na+]. The predicted octanol–water partition coefficient (Wildman–Crippen LogP) is -0.411. The standard InChI is InChI=1S/C17H21ClN4O3.Na/c1-2-3-4-9-21-14-13(19-16(18)20-14)15(23)22(17(21)24)10-5-7-12-8-6-11-25-12;/h6,8,11H,2-5,7,9-10H2,1H3,(H,19,20,23);/q;+1/p-1. The molecule has 0 N–H and O–H groups in total. The van der Waals surface area contributed by atoms with E-state index in [4.69, 9.17) is 16.0 Å². The van der Waals surface area contributed by atoms with Crippen molar-refractivity contribution < 1.29 is 34.0 Å².